The summed E-state index contributed by atoms with van der Waals surface area (Å²) >= 11 is 5.30. The Hall–Kier alpha value is -2.76. The van der Waals surface area contributed by atoms with Gasteiger partial charge in [-0.2, -0.15) is 0 Å². The van der Waals surface area contributed by atoms with Crippen molar-refractivity contribution in [3.8, 4) is 0 Å². The lowest BCUT2D eigenvalue weighted by Crippen LogP contribution is -2.55. The number of likely N-dealkylation sites (N-methyl/N-ethyl adjacent to an activating group) is 2. The Bertz CT molecular complexity index is 1100. The fraction of sp³-hybridized carbons (Fsp3) is 0.409. The summed E-state index contributed by atoms with van der Waals surface area (Å²) in [5.74, 6) is -0.681. The first-order valence-corrected chi connectivity index (χ1v) is 12.8. The van der Waals surface area contributed by atoms with Crippen LogP contribution in [0.5, 0.6) is 0 Å². The first-order valence-electron chi connectivity index (χ1n) is 10.8. The van der Waals surface area contributed by atoms with Crippen LogP contribution in [0, 0.1) is 0 Å². The van der Waals surface area contributed by atoms with Crippen molar-refractivity contribution in [1.82, 2.24) is 9.80 Å². The number of para-hydroxylation sites is 2. The highest BCUT2D eigenvalue weighted by atomic mass is 32.2. The number of hydrogen-bond donors (Lipinski definition) is 0. The second-order valence-corrected chi connectivity index (χ2v) is 9.38. The minimum atomic E-state index is -4.33. The zero-order valence-corrected chi connectivity index (χ0v) is 20.5. The fourth-order valence-corrected chi connectivity index (χ4v) is 4.93. The van der Waals surface area contributed by atoms with E-state index in [0.29, 0.717) is 25.5 Å². The van der Waals surface area contributed by atoms with E-state index >= 15 is 0 Å². The van der Waals surface area contributed by atoms with E-state index in [-0.39, 0.29) is 23.7 Å². The number of allylic oxidation sites excluding steroid dienone is 2. The molecule has 1 saturated heterocycles. The van der Waals surface area contributed by atoms with Crippen LogP contribution in [0.25, 0.3) is 0 Å². The van der Waals surface area contributed by atoms with Gasteiger partial charge in [0.1, 0.15) is 11.4 Å². The van der Waals surface area contributed by atoms with Crippen LogP contribution in [0.2, 0.25) is 0 Å². The van der Waals surface area contributed by atoms with E-state index in [1.165, 1.54) is 15.9 Å². The smallest absolute Gasteiger partial charge is 0.265 e. The van der Waals surface area contributed by atoms with Gasteiger partial charge in [-0.15, -0.1) is 0 Å². The molecule has 1 fully saturated rings. The number of anilines is 2. The van der Waals surface area contributed by atoms with Gasteiger partial charge in [0.05, 0.1) is 21.5 Å². The van der Waals surface area contributed by atoms with Gasteiger partial charge in [0.2, 0.25) is 0 Å². The van der Waals surface area contributed by atoms with Crippen molar-refractivity contribution in [3.63, 3.8) is 0 Å². The zero-order chi connectivity index (χ0) is 24.3. The Morgan fingerprint density at radius 3 is 1.88 bits per heavy atom. The molecular formula is C22H27N4O5S2-. The largest absolute Gasteiger partial charge is 0.748 e. The number of carbonyl (C=O) groups excluding carboxylic acids is 2. The number of benzene rings is 1. The second kappa shape index (κ2) is 10.0. The minimum absolute atomic E-state index is 0.00824. The molecule has 9 nitrogen and oxygen atoms in total. The Labute approximate surface area is 199 Å². The Morgan fingerprint density at radius 2 is 1.39 bits per heavy atom. The standard InChI is InChI=1S/C22H28N4O5S2/c1-4-23-17-10-7-8-11-18(17)26(14-9-15-33(29,30)31)19(23)13-12-16-20(27)24(5-2)22(32)25(6-3)21(16)28/h7-8,10-13H,4-6,9,14-15H2,1-3H3,(H,29,30,31)/p-1/b19-13+. The first kappa shape index (κ1) is 24.9. The van der Waals surface area contributed by atoms with Crippen LogP contribution in [0.1, 0.15) is 27.2 Å². The van der Waals surface area contributed by atoms with E-state index in [1.54, 1.807) is 19.9 Å². The van der Waals surface area contributed by atoms with E-state index in [2.05, 4.69) is 0 Å². The summed E-state index contributed by atoms with van der Waals surface area (Å²) in [6, 6.07) is 7.62. The molecule has 0 bridgehead atoms. The fourth-order valence-electron chi connectivity index (χ4n) is 4.02. The molecule has 2 aliphatic rings. The summed E-state index contributed by atoms with van der Waals surface area (Å²) in [6.45, 7) is 7.14. The van der Waals surface area contributed by atoms with Crippen molar-refractivity contribution in [3.05, 3.63) is 47.8 Å². The molecule has 3 rings (SSSR count). The van der Waals surface area contributed by atoms with Gasteiger partial charge in [0, 0.05) is 31.9 Å². The molecule has 0 radical (unpaired) electrons. The summed E-state index contributed by atoms with van der Waals surface area (Å²) in [5, 5.41) is 0.198. The predicted octanol–water partition coefficient (Wildman–Crippen LogP) is 2.03. The summed E-state index contributed by atoms with van der Waals surface area (Å²) < 4.78 is 33.3. The quantitative estimate of drug-likeness (QED) is 0.236. The van der Waals surface area contributed by atoms with Gasteiger partial charge in [0.25, 0.3) is 11.8 Å². The van der Waals surface area contributed by atoms with Crippen molar-refractivity contribution in [2.24, 2.45) is 0 Å². The van der Waals surface area contributed by atoms with Crippen molar-refractivity contribution < 1.29 is 22.6 Å². The average molecular weight is 492 g/mol. The molecule has 0 saturated carbocycles. The van der Waals surface area contributed by atoms with Gasteiger partial charge in [-0.1, -0.05) is 12.1 Å². The van der Waals surface area contributed by atoms with Crippen LogP contribution in [0.4, 0.5) is 11.4 Å². The Balaban J connectivity index is 2.02. The molecule has 2 heterocycles. The van der Waals surface area contributed by atoms with Crippen molar-refractivity contribution in [1.29, 1.82) is 0 Å². The molecule has 11 heteroatoms. The van der Waals surface area contributed by atoms with E-state index in [4.69, 9.17) is 12.2 Å². The summed E-state index contributed by atoms with van der Waals surface area (Å²) in [4.78, 5) is 32.6. The number of rotatable bonds is 8. The Kier molecular flexibility index (Phi) is 7.55. The lowest BCUT2D eigenvalue weighted by molar-refractivity contribution is -0.133. The van der Waals surface area contributed by atoms with Crippen molar-refractivity contribution in [2.75, 3.05) is 41.7 Å². The lowest BCUT2D eigenvalue weighted by Gasteiger charge is -2.35. The van der Waals surface area contributed by atoms with E-state index in [9.17, 15) is 22.6 Å². The van der Waals surface area contributed by atoms with Gasteiger partial charge >= 0.3 is 0 Å². The van der Waals surface area contributed by atoms with Crippen LogP contribution in [-0.4, -0.2) is 71.6 Å². The molecule has 0 N–H and O–H groups in total. The summed E-state index contributed by atoms with van der Waals surface area (Å²) in [5.41, 5.74) is 1.79. The minimum Gasteiger partial charge on any atom is -0.748 e. The molecule has 33 heavy (non-hydrogen) atoms. The predicted molar refractivity (Wildman–Crippen MR) is 130 cm³/mol. The second-order valence-electron chi connectivity index (χ2n) is 7.49. The molecule has 0 aliphatic carbocycles. The average Bonchev–Trinajstić information content (AvgIpc) is 3.06. The van der Waals surface area contributed by atoms with Crippen LogP contribution >= 0.6 is 12.2 Å². The molecular weight excluding hydrogens is 464 g/mol. The Morgan fingerprint density at radius 1 is 0.879 bits per heavy atom. The number of nitrogens with zero attached hydrogens (tertiary/aromatic N) is 4. The highest BCUT2D eigenvalue weighted by Crippen LogP contribution is 2.41. The highest BCUT2D eigenvalue weighted by molar-refractivity contribution is 7.85. The molecule has 0 aromatic heterocycles. The number of hydrogen-bond acceptors (Lipinski definition) is 8. The van der Waals surface area contributed by atoms with Crippen LogP contribution in [0.15, 0.2) is 47.8 Å². The first-order chi connectivity index (χ1) is 15.6. The number of carbonyl (C=O) groups is 2. The zero-order valence-electron chi connectivity index (χ0n) is 18.9. The molecule has 1 aromatic carbocycles. The van der Waals surface area contributed by atoms with Crippen molar-refractivity contribution in [2.45, 2.75) is 27.2 Å². The normalized spacial score (nSPS) is 18.0. The molecule has 0 spiro atoms. The topological polar surface area (TPSA) is 104 Å². The van der Waals surface area contributed by atoms with E-state index in [0.717, 1.165) is 11.4 Å². The lowest BCUT2D eigenvalue weighted by atomic mass is 10.1. The van der Waals surface area contributed by atoms with Gasteiger partial charge in [-0.25, -0.2) is 8.42 Å². The maximum Gasteiger partial charge on any atom is 0.265 e. The summed E-state index contributed by atoms with van der Waals surface area (Å²) in [6.07, 6.45) is 3.33. The van der Waals surface area contributed by atoms with E-state index in [1.807, 2.05) is 41.0 Å². The third-order valence-electron chi connectivity index (χ3n) is 5.55. The van der Waals surface area contributed by atoms with Crippen LogP contribution in [-0.2, 0) is 19.7 Å². The van der Waals surface area contributed by atoms with Gasteiger partial charge in [-0.05, 0) is 63.7 Å². The number of amides is 2. The van der Waals surface area contributed by atoms with Gasteiger partial charge < -0.3 is 14.4 Å². The SMILES string of the molecule is CCN1C(=O)C(=C/C=C2\N(CC)c3ccccc3N2CCCS(=O)(=O)[O-])C(=O)N(CC)C1=S. The molecule has 1 aromatic rings. The third kappa shape index (κ3) is 4.94. The van der Waals surface area contributed by atoms with Crippen molar-refractivity contribution >= 4 is 50.6 Å². The molecule has 2 aliphatic heterocycles. The third-order valence-corrected chi connectivity index (χ3v) is 6.78. The number of fused-ring (bicyclic) bond motifs is 1. The molecule has 0 unspecified atom stereocenters. The van der Waals surface area contributed by atoms with E-state index < -0.39 is 27.7 Å². The summed E-state index contributed by atoms with van der Waals surface area (Å²) in [7, 11) is -4.33. The van der Waals surface area contributed by atoms with Crippen LogP contribution < -0.4 is 9.80 Å². The van der Waals surface area contributed by atoms with Crippen LogP contribution in [0.3, 0.4) is 0 Å². The maximum atomic E-state index is 12.9. The monoisotopic (exact) mass is 491 g/mol. The molecule has 0 atom stereocenters. The molecule has 2 amide bonds. The molecule has 178 valence electrons. The highest BCUT2D eigenvalue weighted by Gasteiger charge is 2.38. The van der Waals surface area contributed by atoms with Gasteiger partial charge in [0.15, 0.2) is 5.11 Å². The number of thiocarbonyl (C=S) groups is 1. The van der Waals surface area contributed by atoms with Gasteiger partial charge in [-0.3, -0.25) is 19.4 Å². The maximum absolute atomic E-state index is 12.9.